The summed E-state index contributed by atoms with van der Waals surface area (Å²) in [6, 6.07) is 108. The highest BCUT2D eigenvalue weighted by molar-refractivity contribution is 6.11. The monoisotopic (exact) mass is 940 g/mol. The molecule has 0 saturated heterocycles. The van der Waals surface area contributed by atoms with Crippen molar-refractivity contribution in [2.24, 2.45) is 0 Å². The van der Waals surface area contributed by atoms with Crippen molar-refractivity contribution in [3.8, 4) is 33.4 Å². The lowest BCUT2D eigenvalue weighted by atomic mass is 9.67. The highest BCUT2D eigenvalue weighted by Crippen LogP contribution is 2.68. The summed E-state index contributed by atoms with van der Waals surface area (Å²) in [5.41, 5.74) is 23.3. The summed E-state index contributed by atoms with van der Waals surface area (Å²) in [5.74, 6) is 0. The zero-order valence-electron chi connectivity index (χ0n) is 40.6. The van der Waals surface area contributed by atoms with E-state index in [1.165, 1.54) is 88.7 Å². The van der Waals surface area contributed by atoms with Gasteiger partial charge >= 0.3 is 0 Å². The molecule has 0 amide bonds. The quantitative estimate of drug-likeness (QED) is 0.150. The van der Waals surface area contributed by atoms with E-state index in [0.717, 1.165) is 34.1 Å². The predicted octanol–water partition coefficient (Wildman–Crippen LogP) is 18.5. The van der Waals surface area contributed by atoms with E-state index in [4.69, 9.17) is 0 Å². The van der Waals surface area contributed by atoms with E-state index in [0.29, 0.717) is 0 Å². The molecule has 12 aromatic rings. The molecule has 0 bridgehead atoms. The Bertz CT molecular complexity index is 4050. The Kier molecular flexibility index (Phi) is 9.43. The topological polar surface area (TPSA) is 6.48 Å². The smallest absolute Gasteiger partial charge is 0.0746 e. The van der Waals surface area contributed by atoms with Crippen molar-refractivity contribution < 1.29 is 0 Å². The van der Waals surface area contributed by atoms with Crippen LogP contribution in [0.4, 0.5) is 34.1 Å². The summed E-state index contributed by atoms with van der Waals surface area (Å²) in [6.45, 7) is 0. The zero-order valence-corrected chi connectivity index (χ0v) is 40.6. The van der Waals surface area contributed by atoms with Crippen molar-refractivity contribution in [3.05, 3.63) is 336 Å². The van der Waals surface area contributed by atoms with Crippen LogP contribution >= 0.6 is 0 Å². The van der Waals surface area contributed by atoms with Crippen molar-refractivity contribution in [3.63, 3.8) is 0 Å². The van der Waals surface area contributed by atoms with Crippen molar-refractivity contribution >= 4 is 44.9 Å². The molecular formula is C72H48N2. The molecule has 15 rings (SSSR count). The van der Waals surface area contributed by atoms with Crippen LogP contribution in [0.1, 0.15) is 44.5 Å². The first-order chi connectivity index (χ1) is 36.8. The number of para-hydroxylation sites is 3. The molecule has 0 aliphatic heterocycles. The van der Waals surface area contributed by atoms with Gasteiger partial charge in [0.1, 0.15) is 0 Å². The first-order valence-electron chi connectivity index (χ1n) is 25.8. The third kappa shape index (κ3) is 5.82. The number of rotatable bonds is 8. The SMILES string of the molecule is c1ccc(N(c2ccccc2)c2ccc3c(c2)-c2ccccc2C32c3ccccc3-c3c2c(N(c2ccccc2)c2cccc4c2-c2ccccc2C4(c2ccccc2)c2ccccc2)cc2ccccc32)cc1. The Labute approximate surface area is 432 Å². The number of anilines is 6. The maximum Gasteiger partial charge on any atom is 0.0746 e. The summed E-state index contributed by atoms with van der Waals surface area (Å²) in [7, 11) is 0. The molecular weight excluding hydrogens is 893 g/mol. The van der Waals surface area contributed by atoms with Crippen LogP contribution in [-0.4, -0.2) is 0 Å². The molecule has 74 heavy (non-hydrogen) atoms. The van der Waals surface area contributed by atoms with E-state index >= 15 is 0 Å². The fraction of sp³-hybridized carbons (Fsp3) is 0.0278. The predicted molar refractivity (Wildman–Crippen MR) is 307 cm³/mol. The lowest BCUT2D eigenvalue weighted by molar-refractivity contribution is 0.768. The molecule has 3 aliphatic rings. The van der Waals surface area contributed by atoms with Gasteiger partial charge in [0, 0.05) is 33.9 Å². The van der Waals surface area contributed by atoms with Crippen LogP contribution in [0.5, 0.6) is 0 Å². The van der Waals surface area contributed by atoms with Crippen LogP contribution in [0, 0.1) is 0 Å². The number of benzene rings is 12. The van der Waals surface area contributed by atoms with Crippen molar-refractivity contribution in [1.29, 1.82) is 0 Å². The molecule has 2 heteroatoms. The van der Waals surface area contributed by atoms with E-state index < -0.39 is 10.8 Å². The third-order valence-corrected chi connectivity index (χ3v) is 16.3. The first-order valence-corrected chi connectivity index (χ1v) is 25.8. The first kappa shape index (κ1) is 42.2. The van der Waals surface area contributed by atoms with Gasteiger partial charge in [-0.05, 0) is 138 Å². The molecule has 1 atom stereocenters. The molecule has 0 fully saturated rings. The molecule has 0 N–H and O–H groups in total. The van der Waals surface area contributed by atoms with Crippen LogP contribution in [0.3, 0.4) is 0 Å². The minimum absolute atomic E-state index is 0.565. The van der Waals surface area contributed by atoms with Gasteiger partial charge in [-0.3, -0.25) is 0 Å². The number of fused-ring (bicyclic) bond motifs is 15. The molecule has 346 valence electrons. The molecule has 0 heterocycles. The Morgan fingerprint density at radius 2 is 0.689 bits per heavy atom. The third-order valence-electron chi connectivity index (χ3n) is 16.3. The molecule has 1 unspecified atom stereocenters. The summed E-state index contributed by atoms with van der Waals surface area (Å²) in [5, 5.41) is 2.45. The summed E-state index contributed by atoms with van der Waals surface area (Å²) < 4.78 is 0. The van der Waals surface area contributed by atoms with Gasteiger partial charge in [0.25, 0.3) is 0 Å². The fourth-order valence-corrected chi connectivity index (χ4v) is 13.5. The Hall–Kier alpha value is -9.50. The van der Waals surface area contributed by atoms with Crippen LogP contribution in [0.25, 0.3) is 44.2 Å². The fourth-order valence-electron chi connectivity index (χ4n) is 13.5. The van der Waals surface area contributed by atoms with Gasteiger partial charge in [-0.25, -0.2) is 0 Å². The zero-order chi connectivity index (χ0) is 48.8. The number of nitrogens with zero attached hydrogens (tertiary/aromatic N) is 2. The number of hydrogen-bond acceptors (Lipinski definition) is 2. The van der Waals surface area contributed by atoms with Crippen LogP contribution in [0.15, 0.2) is 291 Å². The highest BCUT2D eigenvalue weighted by Gasteiger charge is 2.55. The Morgan fingerprint density at radius 1 is 0.243 bits per heavy atom. The molecule has 12 aromatic carbocycles. The second-order valence-corrected chi connectivity index (χ2v) is 19.8. The van der Waals surface area contributed by atoms with Gasteiger partial charge in [-0.1, -0.05) is 231 Å². The summed E-state index contributed by atoms with van der Waals surface area (Å²) in [4.78, 5) is 5.00. The number of hydrogen-bond donors (Lipinski definition) is 0. The van der Waals surface area contributed by atoms with Crippen molar-refractivity contribution in [2.45, 2.75) is 10.8 Å². The van der Waals surface area contributed by atoms with Crippen LogP contribution in [0.2, 0.25) is 0 Å². The molecule has 2 nitrogen and oxygen atoms in total. The average Bonchev–Trinajstić information content (AvgIpc) is 4.09. The molecule has 3 aliphatic carbocycles. The maximum absolute atomic E-state index is 2.61. The van der Waals surface area contributed by atoms with Gasteiger partial charge in [-0.15, -0.1) is 0 Å². The summed E-state index contributed by atoms with van der Waals surface area (Å²) in [6.07, 6.45) is 0. The lowest BCUT2D eigenvalue weighted by Gasteiger charge is -2.37. The van der Waals surface area contributed by atoms with E-state index in [2.05, 4.69) is 301 Å². The van der Waals surface area contributed by atoms with Crippen molar-refractivity contribution in [1.82, 2.24) is 0 Å². The lowest BCUT2D eigenvalue weighted by Crippen LogP contribution is -2.29. The second-order valence-electron chi connectivity index (χ2n) is 19.8. The average molecular weight is 941 g/mol. The van der Waals surface area contributed by atoms with Gasteiger partial charge in [0.2, 0.25) is 0 Å². The van der Waals surface area contributed by atoms with Gasteiger partial charge in [0.15, 0.2) is 0 Å². The normalized spacial score (nSPS) is 14.9. The van der Waals surface area contributed by atoms with Crippen LogP contribution < -0.4 is 9.80 Å². The van der Waals surface area contributed by atoms with E-state index in [1.54, 1.807) is 0 Å². The minimum Gasteiger partial charge on any atom is -0.310 e. The molecule has 0 saturated carbocycles. The highest BCUT2D eigenvalue weighted by atomic mass is 15.2. The Balaban J connectivity index is 1.06. The second kappa shape index (κ2) is 16.5. The van der Waals surface area contributed by atoms with Gasteiger partial charge in [0.05, 0.1) is 22.2 Å². The maximum atomic E-state index is 2.61. The Morgan fingerprint density at radius 3 is 1.30 bits per heavy atom. The van der Waals surface area contributed by atoms with Crippen LogP contribution in [-0.2, 0) is 10.8 Å². The molecule has 0 aromatic heterocycles. The van der Waals surface area contributed by atoms with Crippen molar-refractivity contribution in [2.75, 3.05) is 9.80 Å². The largest absolute Gasteiger partial charge is 0.310 e. The standard InChI is InChI=1S/C72H48N2/c1-6-26-50(27-7-1)71(51-28-8-2-9-29-51)62-41-22-20-39-59(62)69-65(71)43-24-44-66(69)74(54-34-14-5-15-35-54)67-47-49-25-16-17-36-56(49)68-58-38-19-23-42-63(58)72(70(67)68)61-40-21-18-37-57(61)60-48-55(45-46-64(60)72)73(52-30-10-3-11-31-52)53-32-12-4-13-33-53/h1-48H. The van der Waals surface area contributed by atoms with E-state index in [1.807, 2.05) is 0 Å². The van der Waals surface area contributed by atoms with Gasteiger partial charge < -0.3 is 9.80 Å². The summed E-state index contributed by atoms with van der Waals surface area (Å²) >= 11 is 0. The van der Waals surface area contributed by atoms with E-state index in [-0.39, 0.29) is 0 Å². The molecule has 1 spiro atoms. The van der Waals surface area contributed by atoms with Gasteiger partial charge in [-0.2, -0.15) is 0 Å². The minimum atomic E-state index is -0.680. The molecule has 0 radical (unpaired) electrons. The van der Waals surface area contributed by atoms with E-state index in [9.17, 15) is 0 Å².